The normalized spacial score (nSPS) is 11.6. The van der Waals surface area contributed by atoms with Crippen molar-refractivity contribution in [2.24, 2.45) is 0 Å². The highest BCUT2D eigenvalue weighted by Crippen LogP contribution is 2.27. The molecule has 0 fully saturated rings. The number of hydrogen-bond donors (Lipinski definition) is 1. The average molecular weight is 293 g/mol. The van der Waals surface area contributed by atoms with Crippen molar-refractivity contribution >= 4 is 5.69 Å². The van der Waals surface area contributed by atoms with Gasteiger partial charge in [-0.2, -0.15) is 18.0 Å². The number of benzene rings is 1. The number of furan rings is 1. The van der Waals surface area contributed by atoms with Gasteiger partial charge >= 0.3 is 6.18 Å². The summed E-state index contributed by atoms with van der Waals surface area (Å²) in [4.78, 5) is 1.02. The number of alkyl halides is 3. The fourth-order valence-corrected chi connectivity index (χ4v) is 1.82. The van der Waals surface area contributed by atoms with Gasteiger partial charge in [-0.05, 0) is 42.5 Å². The molecule has 0 unspecified atom stereocenters. The second-order valence-corrected chi connectivity index (χ2v) is 4.31. The zero-order chi connectivity index (χ0) is 14.9. The lowest BCUT2D eigenvalue weighted by Gasteiger charge is -2.07. The first-order valence-electron chi connectivity index (χ1n) is 6.06. The maximum absolute atomic E-state index is 12.4. The van der Waals surface area contributed by atoms with E-state index in [0.717, 1.165) is 22.2 Å². The highest BCUT2D eigenvalue weighted by Gasteiger charge is 2.33. The van der Waals surface area contributed by atoms with Crippen LogP contribution in [0.15, 0.2) is 59.3 Å². The molecule has 0 aliphatic heterocycles. The van der Waals surface area contributed by atoms with Crippen LogP contribution in [-0.4, -0.2) is 9.89 Å². The minimum absolute atomic E-state index is 0.613. The number of hydrogen-bond acceptors (Lipinski definition) is 3. The molecule has 0 amide bonds. The van der Waals surface area contributed by atoms with Crippen LogP contribution in [0.1, 0.15) is 5.69 Å². The molecule has 2 heterocycles. The van der Waals surface area contributed by atoms with Crippen LogP contribution in [0, 0.1) is 0 Å². The van der Waals surface area contributed by atoms with Crippen molar-refractivity contribution in [3.8, 4) is 11.3 Å². The number of halogens is 3. The minimum Gasteiger partial charge on any atom is -0.464 e. The summed E-state index contributed by atoms with van der Waals surface area (Å²) in [5.74, 6) is 0.722. The third-order valence-corrected chi connectivity index (χ3v) is 2.81. The average Bonchev–Trinajstić information content (AvgIpc) is 3.09. The summed E-state index contributed by atoms with van der Waals surface area (Å²) in [7, 11) is 0. The van der Waals surface area contributed by atoms with Gasteiger partial charge in [0.25, 0.3) is 0 Å². The first kappa shape index (κ1) is 13.3. The van der Waals surface area contributed by atoms with Crippen molar-refractivity contribution in [1.29, 1.82) is 0 Å². The molecule has 3 rings (SSSR count). The van der Waals surface area contributed by atoms with Crippen molar-refractivity contribution in [1.82, 2.24) is 9.89 Å². The van der Waals surface area contributed by atoms with Gasteiger partial charge in [-0.15, -0.1) is 5.10 Å². The van der Waals surface area contributed by atoms with Crippen LogP contribution in [0.2, 0.25) is 0 Å². The van der Waals surface area contributed by atoms with E-state index in [4.69, 9.17) is 4.42 Å². The van der Waals surface area contributed by atoms with Gasteiger partial charge in [0.05, 0.1) is 12.0 Å². The topological polar surface area (TPSA) is 43.0 Å². The van der Waals surface area contributed by atoms with E-state index in [0.29, 0.717) is 5.69 Å². The first-order valence-corrected chi connectivity index (χ1v) is 6.06. The fraction of sp³-hybridized carbons (Fsp3) is 0.0714. The number of nitrogens with one attached hydrogen (secondary N) is 1. The summed E-state index contributed by atoms with van der Waals surface area (Å²) >= 11 is 0. The Morgan fingerprint density at radius 2 is 1.81 bits per heavy atom. The summed E-state index contributed by atoms with van der Waals surface area (Å²) in [5, 5.41) is 3.41. The number of anilines is 1. The lowest BCUT2D eigenvalue weighted by atomic mass is 10.1. The molecule has 108 valence electrons. The van der Waals surface area contributed by atoms with Crippen LogP contribution in [0.4, 0.5) is 18.9 Å². The van der Waals surface area contributed by atoms with Crippen molar-refractivity contribution in [3.05, 3.63) is 60.6 Å². The quantitative estimate of drug-likeness (QED) is 0.792. The zero-order valence-corrected chi connectivity index (χ0v) is 10.6. The van der Waals surface area contributed by atoms with E-state index < -0.39 is 11.9 Å². The SMILES string of the molecule is FC(F)(F)c1ccn(Nc2ccc(-c3ccco3)cc2)n1. The molecular formula is C14H10F3N3O. The van der Waals surface area contributed by atoms with E-state index >= 15 is 0 Å². The van der Waals surface area contributed by atoms with Gasteiger partial charge in [0.15, 0.2) is 5.69 Å². The Morgan fingerprint density at radius 1 is 1.05 bits per heavy atom. The molecule has 0 radical (unpaired) electrons. The number of rotatable bonds is 3. The van der Waals surface area contributed by atoms with Crippen LogP contribution in [0.25, 0.3) is 11.3 Å². The van der Waals surface area contributed by atoms with E-state index in [-0.39, 0.29) is 0 Å². The monoisotopic (exact) mass is 293 g/mol. The molecule has 0 saturated carbocycles. The largest absolute Gasteiger partial charge is 0.464 e. The van der Waals surface area contributed by atoms with Crippen LogP contribution < -0.4 is 5.43 Å². The molecule has 4 nitrogen and oxygen atoms in total. The molecule has 0 saturated heterocycles. The van der Waals surface area contributed by atoms with Gasteiger partial charge in [0.2, 0.25) is 0 Å². The predicted octanol–water partition coefficient (Wildman–Crippen LogP) is 4.04. The Labute approximate surface area is 117 Å². The summed E-state index contributed by atoms with van der Waals surface area (Å²) in [6.07, 6.45) is -1.66. The van der Waals surface area contributed by atoms with Crippen LogP contribution in [-0.2, 0) is 6.18 Å². The van der Waals surface area contributed by atoms with Crippen molar-refractivity contribution in [2.75, 3.05) is 5.43 Å². The van der Waals surface area contributed by atoms with Gasteiger partial charge in [0.1, 0.15) is 5.76 Å². The third kappa shape index (κ3) is 2.91. The predicted molar refractivity (Wildman–Crippen MR) is 70.4 cm³/mol. The molecule has 3 aromatic rings. The highest BCUT2D eigenvalue weighted by atomic mass is 19.4. The van der Waals surface area contributed by atoms with Crippen molar-refractivity contribution in [3.63, 3.8) is 0 Å². The Bertz CT molecular complexity index is 715. The second-order valence-electron chi connectivity index (χ2n) is 4.31. The van der Waals surface area contributed by atoms with E-state index in [1.165, 1.54) is 6.20 Å². The first-order chi connectivity index (χ1) is 10.0. The smallest absolute Gasteiger partial charge is 0.435 e. The molecule has 7 heteroatoms. The van der Waals surface area contributed by atoms with Crippen molar-refractivity contribution in [2.45, 2.75) is 6.18 Å². The molecule has 0 bridgehead atoms. The molecule has 0 aliphatic rings. The van der Waals surface area contributed by atoms with Gasteiger partial charge in [-0.3, -0.25) is 5.43 Å². The Hall–Kier alpha value is -2.70. The molecule has 0 atom stereocenters. The van der Waals surface area contributed by atoms with Gasteiger partial charge in [-0.1, -0.05) is 0 Å². The Morgan fingerprint density at radius 3 is 2.38 bits per heavy atom. The highest BCUT2D eigenvalue weighted by molar-refractivity contribution is 5.61. The van der Waals surface area contributed by atoms with Gasteiger partial charge in [-0.25, -0.2) is 0 Å². The summed E-state index contributed by atoms with van der Waals surface area (Å²) in [5.41, 5.74) is 3.29. The van der Waals surface area contributed by atoms with E-state index in [1.54, 1.807) is 36.6 Å². The lowest BCUT2D eigenvalue weighted by Crippen LogP contribution is -2.12. The van der Waals surface area contributed by atoms with E-state index in [2.05, 4.69) is 10.5 Å². The molecule has 1 aromatic carbocycles. The standard InChI is InChI=1S/C14H10F3N3O/c15-14(16,17)13-7-8-20(19-13)18-11-5-3-10(4-6-11)12-2-1-9-21-12/h1-9,18H. The van der Waals surface area contributed by atoms with Crippen molar-refractivity contribution < 1.29 is 17.6 Å². The number of nitrogens with zero attached hydrogens (tertiary/aromatic N) is 2. The van der Waals surface area contributed by atoms with E-state index in [9.17, 15) is 13.2 Å². The van der Waals surface area contributed by atoms with Crippen LogP contribution >= 0.6 is 0 Å². The fourth-order valence-electron chi connectivity index (χ4n) is 1.82. The maximum Gasteiger partial charge on any atom is 0.435 e. The van der Waals surface area contributed by atoms with Gasteiger partial charge in [0, 0.05) is 11.8 Å². The van der Waals surface area contributed by atoms with Crippen LogP contribution in [0.5, 0.6) is 0 Å². The Kier molecular flexibility index (Phi) is 3.17. The molecular weight excluding hydrogens is 283 g/mol. The molecule has 0 aliphatic carbocycles. The summed E-state index contributed by atoms with van der Waals surface area (Å²) in [6.45, 7) is 0. The summed E-state index contributed by atoms with van der Waals surface area (Å²) < 4.78 is 42.6. The van der Waals surface area contributed by atoms with E-state index in [1.807, 2.05) is 6.07 Å². The zero-order valence-electron chi connectivity index (χ0n) is 10.6. The second kappa shape index (κ2) is 5.01. The van der Waals surface area contributed by atoms with Gasteiger partial charge < -0.3 is 4.42 Å². The molecule has 2 aromatic heterocycles. The Balaban J connectivity index is 1.75. The molecule has 0 spiro atoms. The lowest BCUT2D eigenvalue weighted by molar-refractivity contribution is -0.141. The summed E-state index contributed by atoms with van der Waals surface area (Å²) in [6, 6.07) is 11.6. The minimum atomic E-state index is -4.45. The third-order valence-electron chi connectivity index (χ3n) is 2.81. The van der Waals surface area contributed by atoms with Crippen LogP contribution in [0.3, 0.4) is 0 Å². The number of aromatic nitrogens is 2. The maximum atomic E-state index is 12.4. The molecule has 1 N–H and O–H groups in total. The molecule has 21 heavy (non-hydrogen) atoms.